The minimum atomic E-state index is -1.48. The molecule has 2 aliphatic heterocycles. The molecule has 3 N–H and O–H groups in total. The van der Waals surface area contributed by atoms with Gasteiger partial charge < -0.3 is 25.2 Å². The maximum absolute atomic E-state index is 12.8. The van der Waals surface area contributed by atoms with Gasteiger partial charge in [-0.3, -0.25) is 4.79 Å². The highest BCUT2D eigenvalue weighted by Crippen LogP contribution is 2.22. The largest absolute Gasteiger partial charge is 0.475 e. The monoisotopic (exact) mass is 329 g/mol. The second kappa shape index (κ2) is 7.38. The van der Waals surface area contributed by atoms with Crippen LogP contribution in [0.1, 0.15) is 18.4 Å². The molecule has 2 fully saturated rings. The first-order chi connectivity index (χ1) is 11.6. The van der Waals surface area contributed by atoms with Crippen LogP contribution in [0.2, 0.25) is 0 Å². The van der Waals surface area contributed by atoms with Crippen molar-refractivity contribution < 1.29 is 14.8 Å². The Bertz CT molecular complexity index is 596. The van der Waals surface area contributed by atoms with Crippen LogP contribution in [-0.2, 0) is 4.79 Å². The molecule has 0 radical (unpaired) electrons. The molecule has 24 heavy (non-hydrogen) atoms. The standard InChI is InChI=1S/C17H24BN3O3/c1-13(14-6-3-2-4-7-14)20-11-9-19-15(12-20)17(22)21-10-5-8-16(21)18(23)24/h2-4,6-7,15-16,19,23-24H,1,5,8-12H2/t15-,16+/m1/s1. The molecule has 1 aromatic carbocycles. The van der Waals surface area contributed by atoms with Crippen molar-refractivity contribution in [2.45, 2.75) is 24.8 Å². The van der Waals surface area contributed by atoms with E-state index >= 15 is 0 Å². The molecule has 2 aliphatic rings. The molecule has 0 unspecified atom stereocenters. The Morgan fingerprint density at radius 2 is 2.00 bits per heavy atom. The van der Waals surface area contributed by atoms with E-state index < -0.39 is 13.1 Å². The molecule has 2 heterocycles. The average molecular weight is 329 g/mol. The smallest absolute Gasteiger partial charge is 0.426 e. The Kier molecular flexibility index (Phi) is 5.23. The van der Waals surface area contributed by atoms with Gasteiger partial charge in [-0.1, -0.05) is 36.9 Å². The summed E-state index contributed by atoms with van der Waals surface area (Å²) in [6.07, 6.45) is 1.44. The van der Waals surface area contributed by atoms with E-state index in [1.165, 1.54) is 0 Å². The van der Waals surface area contributed by atoms with Crippen LogP contribution in [0.15, 0.2) is 36.9 Å². The number of nitrogens with one attached hydrogen (secondary N) is 1. The summed E-state index contributed by atoms with van der Waals surface area (Å²) in [6.45, 7) is 6.79. The number of amides is 1. The van der Waals surface area contributed by atoms with Gasteiger partial charge in [-0.15, -0.1) is 0 Å². The summed E-state index contributed by atoms with van der Waals surface area (Å²) in [7, 11) is -1.48. The number of hydrogen-bond acceptors (Lipinski definition) is 5. The Morgan fingerprint density at radius 1 is 1.25 bits per heavy atom. The molecule has 3 rings (SSSR count). The molecule has 0 spiro atoms. The molecule has 0 bridgehead atoms. The zero-order valence-electron chi connectivity index (χ0n) is 13.8. The first-order valence-electron chi connectivity index (χ1n) is 8.47. The average Bonchev–Trinajstić information content (AvgIpc) is 3.11. The van der Waals surface area contributed by atoms with Gasteiger partial charge in [-0.2, -0.15) is 0 Å². The number of hydrogen-bond donors (Lipinski definition) is 3. The maximum Gasteiger partial charge on any atom is 0.475 e. The van der Waals surface area contributed by atoms with E-state index in [9.17, 15) is 14.8 Å². The van der Waals surface area contributed by atoms with Crippen molar-refractivity contribution in [1.82, 2.24) is 15.1 Å². The van der Waals surface area contributed by atoms with Crippen LogP contribution in [0.25, 0.3) is 5.70 Å². The molecular weight excluding hydrogens is 305 g/mol. The summed E-state index contributed by atoms with van der Waals surface area (Å²) in [5.41, 5.74) is 1.96. The van der Waals surface area contributed by atoms with Crippen LogP contribution in [0, 0.1) is 0 Å². The Hall–Kier alpha value is -1.83. The molecule has 0 aliphatic carbocycles. The SMILES string of the molecule is C=C(c1ccccc1)N1CCN[C@@H](C(=O)N2CCC[C@H]2B(O)O)C1. The van der Waals surface area contributed by atoms with Crippen LogP contribution in [0.5, 0.6) is 0 Å². The zero-order valence-corrected chi connectivity index (χ0v) is 13.8. The molecule has 128 valence electrons. The topological polar surface area (TPSA) is 76.0 Å². The molecule has 1 amide bonds. The van der Waals surface area contributed by atoms with Gasteiger partial charge in [-0.25, -0.2) is 0 Å². The van der Waals surface area contributed by atoms with Crippen molar-refractivity contribution in [3.05, 3.63) is 42.5 Å². The summed E-state index contributed by atoms with van der Waals surface area (Å²) < 4.78 is 0. The molecule has 1 aromatic rings. The van der Waals surface area contributed by atoms with Crippen molar-refractivity contribution in [2.24, 2.45) is 0 Å². The van der Waals surface area contributed by atoms with E-state index in [0.29, 0.717) is 26.1 Å². The van der Waals surface area contributed by atoms with E-state index in [1.54, 1.807) is 4.90 Å². The molecule has 0 aromatic heterocycles. The summed E-state index contributed by atoms with van der Waals surface area (Å²) in [4.78, 5) is 16.5. The van der Waals surface area contributed by atoms with Gasteiger partial charge in [0.25, 0.3) is 0 Å². The van der Waals surface area contributed by atoms with E-state index in [2.05, 4.69) is 16.8 Å². The van der Waals surface area contributed by atoms with Gasteiger partial charge in [0, 0.05) is 31.9 Å². The lowest BCUT2D eigenvalue weighted by molar-refractivity contribution is -0.134. The van der Waals surface area contributed by atoms with E-state index in [1.807, 2.05) is 30.3 Å². The highest BCUT2D eigenvalue weighted by molar-refractivity contribution is 6.43. The van der Waals surface area contributed by atoms with Gasteiger partial charge in [-0.05, 0) is 18.4 Å². The van der Waals surface area contributed by atoms with Crippen LogP contribution in [0.4, 0.5) is 0 Å². The van der Waals surface area contributed by atoms with Crippen molar-refractivity contribution in [1.29, 1.82) is 0 Å². The van der Waals surface area contributed by atoms with Gasteiger partial charge in [0.1, 0.15) is 6.04 Å². The fraction of sp³-hybridized carbons (Fsp3) is 0.471. The third-order valence-corrected chi connectivity index (χ3v) is 4.89. The fourth-order valence-corrected chi connectivity index (χ4v) is 3.55. The third-order valence-electron chi connectivity index (χ3n) is 4.89. The van der Waals surface area contributed by atoms with Gasteiger partial charge in [0.05, 0.1) is 5.94 Å². The van der Waals surface area contributed by atoms with Crippen LogP contribution >= 0.6 is 0 Å². The second-order valence-electron chi connectivity index (χ2n) is 6.42. The van der Waals surface area contributed by atoms with E-state index in [4.69, 9.17) is 0 Å². The minimum Gasteiger partial charge on any atom is -0.426 e. The van der Waals surface area contributed by atoms with Crippen LogP contribution < -0.4 is 5.32 Å². The molecule has 2 saturated heterocycles. The Labute approximate surface area is 142 Å². The summed E-state index contributed by atoms with van der Waals surface area (Å²) >= 11 is 0. The lowest BCUT2D eigenvalue weighted by Gasteiger charge is -2.38. The number of nitrogens with zero attached hydrogens (tertiary/aromatic N) is 2. The highest BCUT2D eigenvalue weighted by Gasteiger charge is 2.40. The van der Waals surface area contributed by atoms with Crippen molar-refractivity contribution in [3.63, 3.8) is 0 Å². The van der Waals surface area contributed by atoms with Gasteiger partial charge >= 0.3 is 7.12 Å². The zero-order chi connectivity index (χ0) is 17.1. The third kappa shape index (κ3) is 3.48. The molecule has 6 nitrogen and oxygen atoms in total. The van der Waals surface area contributed by atoms with Crippen LogP contribution in [-0.4, -0.2) is 71.0 Å². The summed E-state index contributed by atoms with van der Waals surface area (Å²) in [6, 6.07) is 9.60. The molecule has 2 atom stereocenters. The number of likely N-dealkylation sites (tertiary alicyclic amines) is 1. The lowest BCUT2D eigenvalue weighted by Crippen LogP contribution is -2.59. The Balaban J connectivity index is 1.67. The predicted molar refractivity (Wildman–Crippen MR) is 93.8 cm³/mol. The first kappa shape index (κ1) is 17.0. The van der Waals surface area contributed by atoms with Crippen molar-refractivity contribution in [3.8, 4) is 0 Å². The quantitative estimate of drug-likeness (QED) is 0.675. The molecular formula is C17H24BN3O3. The number of carbonyl (C=O) groups excluding carboxylic acids is 1. The normalized spacial score (nSPS) is 24.1. The maximum atomic E-state index is 12.8. The van der Waals surface area contributed by atoms with Crippen molar-refractivity contribution in [2.75, 3.05) is 26.2 Å². The van der Waals surface area contributed by atoms with Gasteiger partial charge in [0.15, 0.2) is 0 Å². The van der Waals surface area contributed by atoms with Gasteiger partial charge in [0.2, 0.25) is 5.91 Å². The summed E-state index contributed by atoms with van der Waals surface area (Å²) in [5.74, 6) is -0.553. The summed E-state index contributed by atoms with van der Waals surface area (Å²) in [5, 5.41) is 22.2. The minimum absolute atomic E-state index is 0.0591. The number of carbonyl (C=O) groups is 1. The van der Waals surface area contributed by atoms with Crippen molar-refractivity contribution >= 4 is 18.7 Å². The lowest BCUT2D eigenvalue weighted by atomic mass is 9.77. The number of benzene rings is 1. The van der Waals surface area contributed by atoms with E-state index in [0.717, 1.165) is 24.2 Å². The van der Waals surface area contributed by atoms with Crippen LogP contribution in [0.3, 0.4) is 0 Å². The molecule has 0 saturated carbocycles. The first-order valence-corrected chi connectivity index (χ1v) is 8.47. The van der Waals surface area contributed by atoms with E-state index in [-0.39, 0.29) is 11.9 Å². The highest BCUT2D eigenvalue weighted by atomic mass is 16.4. The predicted octanol–water partition coefficient (Wildman–Crippen LogP) is -0.0659. The fourth-order valence-electron chi connectivity index (χ4n) is 3.55. The molecule has 7 heteroatoms. The number of piperazine rings is 1. The number of rotatable bonds is 4. The second-order valence-corrected chi connectivity index (χ2v) is 6.42. The Morgan fingerprint density at radius 3 is 2.71 bits per heavy atom.